The highest BCUT2D eigenvalue weighted by Gasteiger charge is 2.13. The van der Waals surface area contributed by atoms with Gasteiger partial charge < -0.3 is 20.9 Å². The second-order valence-electron chi connectivity index (χ2n) is 4.68. The summed E-state index contributed by atoms with van der Waals surface area (Å²) in [4.78, 5) is 3.97. The van der Waals surface area contributed by atoms with Crippen LogP contribution in [-0.2, 0) is 22.6 Å². The lowest BCUT2D eigenvalue weighted by Gasteiger charge is -2.22. The zero-order chi connectivity index (χ0) is 13.5. The average Bonchev–Trinajstić information content (AvgIpc) is 2.45. The lowest BCUT2D eigenvalue weighted by molar-refractivity contribution is -0.0390. The molecule has 0 atom stereocenters. The van der Waals surface area contributed by atoms with Crippen LogP contribution in [0, 0.1) is 0 Å². The number of hydrogen-bond donors (Lipinski definition) is 2. The lowest BCUT2D eigenvalue weighted by Crippen LogP contribution is -2.23. The van der Waals surface area contributed by atoms with Gasteiger partial charge in [-0.1, -0.05) is 24.3 Å². The molecule has 0 unspecified atom stereocenters. The van der Waals surface area contributed by atoms with Gasteiger partial charge in [-0.05, 0) is 24.0 Å². The molecule has 4 N–H and O–H groups in total. The van der Waals surface area contributed by atoms with Crippen LogP contribution in [0.15, 0.2) is 29.3 Å². The maximum atomic E-state index is 5.86. The van der Waals surface area contributed by atoms with Crippen molar-refractivity contribution < 1.29 is 9.47 Å². The summed E-state index contributed by atoms with van der Waals surface area (Å²) in [7, 11) is 0. The van der Waals surface area contributed by atoms with Gasteiger partial charge in [-0.2, -0.15) is 0 Å². The number of aliphatic imine (C=N–C) groups is 1. The standard InChI is InChI=1S/C14H21N3O2/c15-14(16)17-9-11-1-3-12(4-2-11)10-19-13-5-7-18-8-6-13/h1-4,13H,5-10H2,(H4,15,16,17). The van der Waals surface area contributed by atoms with Crippen LogP contribution in [0.3, 0.4) is 0 Å². The molecule has 0 radical (unpaired) electrons. The molecule has 1 heterocycles. The summed E-state index contributed by atoms with van der Waals surface area (Å²) in [5, 5.41) is 0. The highest BCUT2D eigenvalue weighted by Crippen LogP contribution is 2.14. The third-order valence-corrected chi connectivity index (χ3v) is 3.12. The van der Waals surface area contributed by atoms with Crippen LogP contribution >= 0.6 is 0 Å². The Morgan fingerprint density at radius 3 is 2.42 bits per heavy atom. The molecular formula is C14H21N3O2. The summed E-state index contributed by atoms with van der Waals surface area (Å²) >= 11 is 0. The molecule has 1 aromatic rings. The average molecular weight is 263 g/mol. The fourth-order valence-corrected chi connectivity index (χ4v) is 1.98. The summed E-state index contributed by atoms with van der Waals surface area (Å²) in [6, 6.07) is 8.15. The summed E-state index contributed by atoms with van der Waals surface area (Å²) < 4.78 is 11.2. The minimum absolute atomic E-state index is 0.118. The molecule has 0 amide bonds. The van der Waals surface area contributed by atoms with E-state index in [1.807, 2.05) is 12.1 Å². The van der Waals surface area contributed by atoms with Gasteiger partial charge in [0.05, 0.1) is 19.3 Å². The van der Waals surface area contributed by atoms with Crippen molar-refractivity contribution in [1.29, 1.82) is 0 Å². The Labute approximate surface area is 113 Å². The number of nitrogens with two attached hydrogens (primary N) is 2. The SMILES string of the molecule is NC(N)=NCc1ccc(COC2CCOCC2)cc1. The van der Waals surface area contributed by atoms with Crippen LogP contribution in [0.1, 0.15) is 24.0 Å². The first-order chi connectivity index (χ1) is 9.24. The van der Waals surface area contributed by atoms with E-state index >= 15 is 0 Å². The molecule has 0 spiro atoms. The van der Waals surface area contributed by atoms with E-state index in [1.54, 1.807) is 0 Å². The van der Waals surface area contributed by atoms with E-state index in [9.17, 15) is 0 Å². The van der Waals surface area contributed by atoms with Crippen LogP contribution in [0.2, 0.25) is 0 Å². The van der Waals surface area contributed by atoms with Crippen molar-refractivity contribution in [3.63, 3.8) is 0 Å². The number of guanidine groups is 1. The van der Waals surface area contributed by atoms with Crippen LogP contribution < -0.4 is 11.5 Å². The van der Waals surface area contributed by atoms with Crippen LogP contribution in [0.25, 0.3) is 0 Å². The summed E-state index contributed by atoms with van der Waals surface area (Å²) in [6.07, 6.45) is 2.31. The Morgan fingerprint density at radius 2 is 1.79 bits per heavy atom. The fourth-order valence-electron chi connectivity index (χ4n) is 1.98. The van der Waals surface area contributed by atoms with Crippen LogP contribution in [-0.4, -0.2) is 25.3 Å². The number of nitrogens with zero attached hydrogens (tertiary/aromatic N) is 1. The number of benzene rings is 1. The third-order valence-electron chi connectivity index (χ3n) is 3.12. The predicted molar refractivity (Wildman–Crippen MR) is 74.6 cm³/mol. The molecule has 5 nitrogen and oxygen atoms in total. The van der Waals surface area contributed by atoms with Crippen LogP contribution in [0.4, 0.5) is 0 Å². The molecule has 1 aliphatic rings. The predicted octanol–water partition coefficient (Wildman–Crippen LogP) is 1.16. The Kier molecular flexibility index (Phi) is 5.18. The Hall–Kier alpha value is -1.59. The Bertz CT molecular complexity index is 407. The first-order valence-electron chi connectivity index (χ1n) is 6.56. The topological polar surface area (TPSA) is 82.9 Å². The molecule has 104 valence electrons. The smallest absolute Gasteiger partial charge is 0.186 e. The van der Waals surface area contributed by atoms with Crippen molar-refractivity contribution >= 4 is 5.96 Å². The first-order valence-corrected chi connectivity index (χ1v) is 6.56. The van der Waals surface area contributed by atoms with Gasteiger partial charge >= 0.3 is 0 Å². The number of ether oxygens (including phenoxy) is 2. The maximum Gasteiger partial charge on any atom is 0.186 e. The van der Waals surface area contributed by atoms with E-state index in [1.165, 1.54) is 5.56 Å². The molecule has 0 saturated carbocycles. The Balaban J connectivity index is 1.79. The largest absolute Gasteiger partial charge is 0.381 e. The number of rotatable bonds is 5. The van der Waals surface area contributed by atoms with E-state index in [4.69, 9.17) is 20.9 Å². The van der Waals surface area contributed by atoms with Gasteiger partial charge in [-0.3, -0.25) is 0 Å². The molecule has 0 aliphatic carbocycles. The van der Waals surface area contributed by atoms with Gasteiger partial charge in [0.1, 0.15) is 0 Å². The highest BCUT2D eigenvalue weighted by atomic mass is 16.5. The molecular weight excluding hydrogens is 242 g/mol. The van der Waals surface area contributed by atoms with Gasteiger partial charge in [0.15, 0.2) is 5.96 Å². The quantitative estimate of drug-likeness (QED) is 0.617. The van der Waals surface area contributed by atoms with Crippen molar-refractivity contribution in [2.24, 2.45) is 16.5 Å². The molecule has 1 saturated heterocycles. The molecule has 0 bridgehead atoms. The molecule has 1 aliphatic heterocycles. The number of hydrogen-bond acceptors (Lipinski definition) is 3. The molecule has 19 heavy (non-hydrogen) atoms. The van der Waals surface area contributed by atoms with E-state index in [-0.39, 0.29) is 5.96 Å². The summed E-state index contributed by atoms with van der Waals surface area (Å²) in [6.45, 7) is 2.78. The molecule has 0 aromatic heterocycles. The fraction of sp³-hybridized carbons (Fsp3) is 0.500. The van der Waals surface area contributed by atoms with E-state index in [0.717, 1.165) is 31.6 Å². The van der Waals surface area contributed by atoms with Gasteiger partial charge in [0, 0.05) is 13.2 Å². The van der Waals surface area contributed by atoms with Crippen molar-refractivity contribution in [2.75, 3.05) is 13.2 Å². The monoisotopic (exact) mass is 263 g/mol. The normalized spacial score (nSPS) is 16.2. The highest BCUT2D eigenvalue weighted by molar-refractivity contribution is 5.75. The molecule has 1 fully saturated rings. The van der Waals surface area contributed by atoms with Gasteiger partial charge in [-0.25, -0.2) is 4.99 Å². The van der Waals surface area contributed by atoms with Crippen molar-refractivity contribution in [1.82, 2.24) is 0 Å². The minimum Gasteiger partial charge on any atom is -0.381 e. The van der Waals surface area contributed by atoms with Crippen LogP contribution in [0.5, 0.6) is 0 Å². The third kappa shape index (κ3) is 4.89. The van der Waals surface area contributed by atoms with Crippen molar-refractivity contribution in [3.8, 4) is 0 Å². The molecule has 5 heteroatoms. The lowest BCUT2D eigenvalue weighted by atomic mass is 10.1. The zero-order valence-electron chi connectivity index (χ0n) is 11.0. The summed E-state index contributed by atoms with van der Waals surface area (Å²) in [5.74, 6) is 0.118. The second-order valence-corrected chi connectivity index (χ2v) is 4.68. The van der Waals surface area contributed by atoms with Crippen molar-refractivity contribution in [3.05, 3.63) is 35.4 Å². The van der Waals surface area contributed by atoms with Crippen molar-refractivity contribution in [2.45, 2.75) is 32.1 Å². The molecule has 1 aromatic carbocycles. The van der Waals surface area contributed by atoms with E-state index < -0.39 is 0 Å². The first kappa shape index (κ1) is 13.8. The minimum atomic E-state index is 0.118. The summed E-state index contributed by atoms with van der Waals surface area (Å²) in [5.41, 5.74) is 12.8. The second kappa shape index (κ2) is 7.11. The van der Waals surface area contributed by atoms with E-state index in [2.05, 4.69) is 17.1 Å². The van der Waals surface area contributed by atoms with Gasteiger partial charge in [-0.15, -0.1) is 0 Å². The Morgan fingerprint density at radius 1 is 1.16 bits per heavy atom. The van der Waals surface area contributed by atoms with Gasteiger partial charge in [0.2, 0.25) is 0 Å². The zero-order valence-corrected chi connectivity index (χ0v) is 11.0. The van der Waals surface area contributed by atoms with Gasteiger partial charge in [0.25, 0.3) is 0 Å². The maximum absolute atomic E-state index is 5.86. The molecule has 2 rings (SSSR count). The van der Waals surface area contributed by atoms with E-state index in [0.29, 0.717) is 19.3 Å².